The summed E-state index contributed by atoms with van der Waals surface area (Å²) < 4.78 is 75.5. The fraction of sp³-hybridized carbons (Fsp3) is 0.824. The molecule has 0 saturated heterocycles. The zero-order valence-corrected chi connectivity index (χ0v) is 18.1. The average molecular weight is 490 g/mol. The SMILES string of the molecule is CCOC.CON(C)C(=O)C1CC1(F)F.Cl.O=C(O)C1CC1(F)F.O=CC1CC1(F)F. The predicted molar refractivity (Wildman–Crippen MR) is 97.4 cm³/mol. The lowest BCUT2D eigenvalue weighted by Crippen LogP contribution is -2.28. The standard InChI is InChI=1S/C6H9F2NO2.C4H4F2O2.C4H4F2O.C3H8O.ClH/c1-9(11-2)5(10)4-3-6(4,7)8;5-4(6)1-2(4)3(7)8;5-4(6)1-3(4)2-7;1-3-4-2;/h4H,3H2,1-2H3;2H,1H2,(H,7,8);2-3H,1H2;3H2,1-2H3;1H. The first kappa shape index (κ1) is 31.6. The number of rotatable bonds is 5. The smallest absolute Gasteiger partial charge is 0.312 e. The molecule has 0 aromatic rings. The van der Waals surface area contributed by atoms with E-state index >= 15 is 0 Å². The van der Waals surface area contributed by atoms with Crippen molar-refractivity contribution in [2.24, 2.45) is 17.8 Å². The van der Waals surface area contributed by atoms with Crippen LogP contribution in [-0.4, -0.2) is 74.0 Å². The molecular formula is C17H26ClF6NO6. The maximum Gasteiger partial charge on any atom is 0.312 e. The van der Waals surface area contributed by atoms with Gasteiger partial charge in [-0.2, -0.15) is 0 Å². The van der Waals surface area contributed by atoms with Crippen LogP contribution in [0, 0.1) is 17.8 Å². The summed E-state index contributed by atoms with van der Waals surface area (Å²) in [6, 6.07) is 0. The van der Waals surface area contributed by atoms with Crippen molar-refractivity contribution in [1.82, 2.24) is 5.06 Å². The van der Waals surface area contributed by atoms with Crippen LogP contribution in [0.3, 0.4) is 0 Å². The van der Waals surface area contributed by atoms with Crippen LogP contribution in [0.2, 0.25) is 0 Å². The van der Waals surface area contributed by atoms with E-state index in [0.29, 0.717) is 6.29 Å². The number of alkyl halides is 6. The van der Waals surface area contributed by atoms with Crippen molar-refractivity contribution < 1.29 is 55.4 Å². The normalized spacial score (nSPS) is 26.5. The van der Waals surface area contributed by atoms with Gasteiger partial charge in [0.1, 0.15) is 18.1 Å². The lowest BCUT2D eigenvalue weighted by atomic mass is 10.4. The van der Waals surface area contributed by atoms with Crippen LogP contribution in [0.1, 0.15) is 26.2 Å². The number of hydroxylamine groups is 2. The van der Waals surface area contributed by atoms with Crippen molar-refractivity contribution in [3.8, 4) is 0 Å². The molecule has 0 aromatic heterocycles. The Hall–Kier alpha value is -1.60. The first-order valence-electron chi connectivity index (χ1n) is 8.73. The average Bonchev–Trinajstić information content (AvgIpc) is 3.60. The minimum atomic E-state index is -2.91. The van der Waals surface area contributed by atoms with Crippen molar-refractivity contribution in [2.45, 2.75) is 44.0 Å². The summed E-state index contributed by atoms with van der Waals surface area (Å²) in [4.78, 5) is 34.5. The molecule has 3 unspecified atom stereocenters. The molecule has 0 bridgehead atoms. The third-order valence-corrected chi connectivity index (χ3v) is 4.16. The lowest BCUT2D eigenvalue weighted by molar-refractivity contribution is -0.172. The van der Waals surface area contributed by atoms with Gasteiger partial charge in [0.2, 0.25) is 0 Å². The lowest BCUT2D eigenvalue weighted by Gasteiger charge is -2.12. The summed E-state index contributed by atoms with van der Waals surface area (Å²) in [5.74, 6) is -13.9. The van der Waals surface area contributed by atoms with E-state index < -0.39 is 53.8 Å². The fourth-order valence-corrected chi connectivity index (χ4v) is 1.65. The molecule has 3 saturated carbocycles. The van der Waals surface area contributed by atoms with Crippen LogP contribution in [0.15, 0.2) is 0 Å². The maximum atomic E-state index is 12.2. The molecule has 0 aliphatic heterocycles. The molecule has 3 fully saturated rings. The van der Waals surface area contributed by atoms with Crippen molar-refractivity contribution in [3.63, 3.8) is 0 Å². The Bertz CT molecular complexity index is 608. The van der Waals surface area contributed by atoms with E-state index in [1.54, 1.807) is 7.11 Å². The number of carboxylic acids is 1. The Morgan fingerprint density at radius 2 is 1.35 bits per heavy atom. The number of aldehydes is 1. The minimum Gasteiger partial charge on any atom is -0.481 e. The number of hydrogen-bond donors (Lipinski definition) is 1. The van der Waals surface area contributed by atoms with Crippen molar-refractivity contribution in [2.75, 3.05) is 27.9 Å². The van der Waals surface area contributed by atoms with E-state index in [4.69, 9.17) is 5.11 Å². The van der Waals surface area contributed by atoms with Gasteiger partial charge in [0, 0.05) is 40.0 Å². The second-order valence-corrected chi connectivity index (χ2v) is 6.68. The van der Waals surface area contributed by atoms with Gasteiger partial charge >= 0.3 is 5.97 Å². The highest BCUT2D eigenvalue weighted by atomic mass is 35.5. The molecule has 0 spiro atoms. The summed E-state index contributed by atoms with van der Waals surface area (Å²) in [5, 5.41) is 8.73. The van der Waals surface area contributed by atoms with Gasteiger partial charge in [0.15, 0.2) is 0 Å². The highest BCUT2D eigenvalue weighted by Crippen LogP contribution is 2.49. The van der Waals surface area contributed by atoms with E-state index in [1.165, 1.54) is 14.2 Å². The van der Waals surface area contributed by atoms with Crippen LogP contribution < -0.4 is 0 Å². The third kappa shape index (κ3) is 11.0. The van der Waals surface area contributed by atoms with Crippen LogP contribution in [0.5, 0.6) is 0 Å². The zero-order chi connectivity index (χ0) is 23.9. The van der Waals surface area contributed by atoms with Crippen molar-refractivity contribution in [1.29, 1.82) is 0 Å². The molecule has 3 rings (SSSR count). The molecule has 0 radical (unpaired) electrons. The number of aliphatic carboxylic acids is 1. The molecule has 1 amide bonds. The number of halogens is 7. The molecule has 184 valence electrons. The van der Waals surface area contributed by atoms with Crippen LogP contribution in [-0.2, 0) is 24.0 Å². The van der Waals surface area contributed by atoms with Crippen LogP contribution in [0.25, 0.3) is 0 Å². The highest BCUT2D eigenvalue weighted by Gasteiger charge is 2.62. The summed E-state index contributed by atoms with van der Waals surface area (Å²) in [7, 11) is 4.26. The van der Waals surface area contributed by atoms with Crippen molar-refractivity contribution in [3.05, 3.63) is 0 Å². The number of carboxylic acid groups (broad SMARTS) is 1. The van der Waals surface area contributed by atoms with Gasteiger partial charge in [-0.15, -0.1) is 12.4 Å². The van der Waals surface area contributed by atoms with E-state index in [2.05, 4.69) is 9.57 Å². The number of methoxy groups -OCH3 is 1. The van der Waals surface area contributed by atoms with Gasteiger partial charge in [-0.3, -0.25) is 14.4 Å². The molecule has 0 heterocycles. The minimum absolute atomic E-state index is 0. The Labute approximate surface area is 181 Å². The summed E-state index contributed by atoms with van der Waals surface area (Å²) in [6.07, 6.45) is -0.766. The zero-order valence-electron chi connectivity index (χ0n) is 17.2. The van der Waals surface area contributed by atoms with E-state index in [-0.39, 0.29) is 25.2 Å². The van der Waals surface area contributed by atoms with E-state index in [1.807, 2.05) is 6.92 Å². The second kappa shape index (κ2) is 12.4. The fourth-order valence-electron chi connectivity index (χ4n) is 1.65. The summed E-state index contributed by atoms with van der Waals surface area (Å²) in [6.45, 7) is 2.78. The monoisotopic (exact) mass is 489 g/mol. The van der Waals surface area contributed by atoms with Gasteiger partial charge in [0.05, 0.1) is 13.0 Å². The number of nitrogens with zero attached hydrogens (tertiary/aromatic N) is 1. The number of amides is 1. The quantitative estimate of drug-likeness (QED) is 0.362. The van der Waals surface area contributed by atoms with E-state index in [9.17, 15) is 40.7 Å². The first-order valence-corrected chi connectivity index (χ1v) is 8.73. The molecule has 3 aliphatic carbocycles. The molecule has 0 aromatic carbocycles. The van der Waals surface area contributed by atoms with Gasteiger partial charge in [-0.25, -0.2) is 31.4 Å². The van der Waals surface area contributed by atoms with E-state index in [0.717, 1.165) is 11.7 Å². The predicted octanol–water partition coefficient (Wildman–Crippen LogP) is 3.30. The molecule has 1 N–H and O–H groups in total. The van der Waals surface area contributed by atoms with Crippen molar-refractivity contribution >= 4 is 30.6 Å². The number of hydrogen-bond acceptors (Lipinski definition) is 5. The highest BCUT2D eigenvalue weighted by molar-refractivity contribution is 5.85. The molecule has 7 nitrogen and oxygen atoms in total. The number of ether oxygens (including phenoxy) is 1. The largest absolute Gasteiger partial charge is 0.481 e. The van der Waals surface area contributed by atoms with Gasteiger partial charge in [-0.1, -0.05) is 0 Å². The Morgan fingerprint density at radius 1 is 1.00 bits per heavy atom. The maximum absolute atomic E-state index is 12.2. The number of carbonyl (C=O) groups excluding carboxylic acids is 2. The van der Waals surface area contributed by atoms with Gasteiger partial charge in [0.25, 0.3) is 23.7 Å². The summed E-state index contributed by atoms with van der Waals surface area (Å²) >= 11 is 0. The first-order chi connectivity index (χ1) is 13.6. The van der Waals surface area contributed by atoms with Gasteiger partial charge < -0.3 is 14.6 Å². The topological polar surface area (TPSA) is 93.1 Å². The molecule has 3 aliphatic rings. The van der Waals surface area contributed by atoms with Crippen LogP contribution >= 0.6 is 12.4 Å². The second-order valence-electron chi connectivity index (χ2n) is 6.68. The Balaban J connectivity index is 0. The summed E-state index contributed by atoms with van der Waals surface area (Å²) in [5.41, 5.74) is 0. The third-order valence-electron chi connectivity index (χ3n) is 4.16. The molecule has 3 atom stereocenters. The Morgan fingerprint density at radius 3 is 1.45 bits per heavy atom. The number of carbonyl (C=O) groups is 3. The molecule has 31 heavy (non-hydrogen) atoms. The molecular weight excluding hydrogens is 464 g/mol. The Kier molecular flexibility index (Phi) is 12.7. The van der Waals surface area contributed by atoms with Gasteiger partial charge in [-0.05, 0) is 6.92 Å². The van der Waals surface area contributed by atoms with Crippen LogP contribution in [0.4, 0.5) is 26.3 Å². The molecule has 14 heteroatoms.